The number of piperazine rings is 1. The Morgan fingerprint density at radius 3 is 2.55 bits per heavy atom. The van der Waals surface area contributed by atoms with Gasteiger partial charge in [0.1, 0.15) is 0 Å². The first-order valence-electron chi connectivity index (χ1n) is 9.20. The zero-order valence-electron chi connectivity index (χ0n) is 14.4. The second-order valence-corrected chi connectivity index (χ2v) is 7.90. The molecule has 3 rings (SSSR count). The zero-order chi connectivity index (χ0) is 15.4. The average Bonchev–Trinajstić information content (AvgIpc) is 2.52. The molecule has 1 aromatic carbocycles. The summed E-state index contributed by atoms with van der Waals surface area (Å²) in [6, 6.07) is 11.7. The summed E-state index contributed by atoms with van der Waals surface area (Å²) in [6.07, 6.45) is 8.27. The first-order valence-corrected chi connectivity index (χ1v) is 9.20. The van der Waals surface area contributed by atoms with Crippen LogP contribution in [0, 0.1) is 5.92 Å². The summed E-state index contributed by atoms with van der Waals surface area (Å²) in [5.41, 5.74) is 1.87. The molecule has 0 amide bonds. The van der Waals surface area contributed by atoms with E-state index in [9.17, 15) is 0 Å². The predicted molar refractivity (Wildman–Crippen MR) is 93.9 cm³/mol. The van der Waals surface area contributed by atoms with Crippen LogP contribution in [0.15, 0.2) is 30.3 Å². The van der Waals surface area contributed by atoms with Crippen LogP contribution < -0.4 is 5.32 Å². The number of nitrogens with one attached hydrogen (secondary N) is 1. The van der Waals surface area contributed by atoms with Crippen LogP contribution in [0.2, 0.25) is 0 Å². The molecule has 22 heavy (non-hydrogen) atoms. The fraction of sp³-hybridized carbons (Fsp3) is 0.700. The van der Waals surface area contributed by atoms with E-state index in [4.69, 9.17) is 0 Å². The van der Waals surface area contributed by atoms with Crippen molar-refractivity contribution in [1.82, 2.24) is 10.2 Å². The monoisotopic (exact) mass is 300 g/mol. The van der Waals surface area contributed by atoms with Crippen molar-refractivity contribution < 1.29 is 0 Å². The summed E-state index contributed by atoms with van der Waals surface area (Å²) in [6.45, 7) is 8.23. The van der Waals surface area contributed by atoms with Crippen LogP contribution in [-0.4, -0.2) is 29.6 Å². The SMILES string of the molecule is CC(C)CC1CNC2(CCCCC2)CN1Cc1ccccc1. The van der Waals surface area contributed by atoms with Crippen molar-refractivity contribution in [3.63, 3.8) is 0 Å². The standard InChI is InChI=1S/C20H32N2/c1-17(2)13-19-14-21-20(11-7-4-8-12-20)16-22(19)15-18-9-5-3-6-10-18/h3,5-6,9-10,17,19,21H,4,7-8,11-16H2,1-2H3. The molecule has 1 saturated heterocycles. The van der Waals surface area contributed by atoms with Crippen LogP contribution >= 0.6 is 0 Å². The molecule has 2 heteroatoms. The molecule has 0 bridgehead atoms. The van der Waals surface area contributed by atoms with Gasteiger partial charge in [0.05, 0.1) is 0 Å². The Labute approximate surface area is 136 Å². The Balaban J connectivity index is 1.72. The lowest BCUT2D eigenvalue weighted by atomic mass is 9.78. The Hall–Kier alpha value is -0.860. The Morgan fingerprint density at radius 1 is 1.14 bits per heavy atom. The quantitative estimate of drug-likeness (QED) is 0.896. The maximum absolute atomic E-state index is 3.96. The van der Waals surface area contributed by atoms with Gasteiger partial charge in [-0.25, -0.2) is 0 Å². The number of nitrogens with zero attached hydrogens (tertiary/aromatic N) is 1. The summed E-state index contributed by atoms with van der Waals surface area (Å²) < 4.78 is 0. The molecule has 1 N–H and O–H groups in total. The van der Waals surface area contributed by atoms with Crippen LogP contribution in [0.1, 0.15) is 57.9 Å². The Bertz CT molecular complexity index is 448. The van der Waals surface area contributed by atoms with Gasteiger partial charge in [-0.15, -0.1) is 0 Å². The van der Waals surface area contributed by atoms with E-state index >= 15 is 0 Å². The molecule has 1 aromatic rings. The molecule has 2 aliphatic rings. The molecule has 0 radical (unpaired) electrons. The molecule has 122 valence electrons. The first-order chi connectivity index (χ1) is 10.7. The lowest BCUT2D eigenvalue weighted by molar-refractivity contribution is 0.0414. The minimum Gasteiger partial charge on any atom is -0.308 e. The van der Waals surface area contributed by atoms with Gasteiger partial charge in [-0.1, -0.05) is 63.4 Å². The van der Waals surface area contributed by atoms with Crippen molar-refractivity contribution in [2.45, 2.75) is 70.5 Å². The predicted octanol–water partition coefficient (Wildman–Crippen LogP) is 4.21. The van der Waals surface area contributed by atoms with Gasteiger partial charge in [0, 0.05) is 31.2 Å². The average molecular weight is 300 g/mol. The number of hydrogen-bond acceptors (Lipinski definition) is 2. The highest BCUT2D eigenvalue weighted by Crippen LogP contribution is 2.33. The van der Waals surface area contributed by atoms with E-state index in [2.05, 4.69) is 54.4 Å². The van der Waals surface area contributed by atoms with Crippen molar-refractivity contribution >= 4 is 0 Å². The smallest absolute Gasteiger partial charge is 0.0309 e. The van der Waals surface area contributed by atoms with Gasteiger partial charge in [-0.3, -0.25) is 4.90 Å². The van der Waals surface area contributed by atoms with E-state index in [1.165, 1.54) is 57.2 Å². The van der Waals surface area contributed by atoms with Gasteiger partial charge in [0.25, 0.3) is 0 Å². The minimum absolute atomic E-state index is 0.403. The summed E-state index contributed by atoms with van der Waals surface area (Å²) in [5, 5.41) is 3.96. The highest BCUT2D eigenvalue weighted by atomic mass is 15.3. The molecule has 2 nitrogen and oxygen atoms in total. The number of benzene rings is 1. The van der Waals surface area contributed by atoms with Crippen molar-refractivity contribution in [3.8, 4) is 0 Å². The molecular weight excluding hydrogens is 268 g/mol. The molecule has 1 saturated carbocycles. The third kappa shape index (κ3) is 3.91. The van der Waals surface area contributed by atoms with E-state index in [0.717, 1.165) is 12.5 Å². The minimum atomic E-state index is 0.403. The maximum atomic E-state index is 3.96. The van der Waals surface area contributed by atoms with Gasteiger partial charge < -0.3 is 5.32 Å². The van der Waals surface area contributed by atoms with Gasteiger partial charge in [0.15, 0.2) is 0 Å². The summed E-state index contributed by atoms with van der Waals surface area (Å²) in [7, 11) is 0. The lowest BCUT2D eigenvalue weighted by Crippen LogP contribution is -2.64. The summed E-state index contributed by atoms with van der Waals surface area (Å²) in [5.74, 6) is 0.769. The molecule has 1 aliphatic carbocycles. The number of hydrogen-bond donors (Lipinski definition) is 1. The van der Waals surface area contributed by atoms with Gasteiger partial charge >= 0.3 is 0 Å². The molecule has 1 aliphatic heterocycles. The molecule has 2 fully saturated rings. The normalized spacial score (nSPS) is 25.7. The second kappa shape index (κ2) is 7.14. The Kier molecular flexibility index (Phi) is 5.20. The van der Waals surface area contributed by atoms with Crippen LogP contribution in [0.3, 0.4) is 0 Å². The van der Waals surface area contributed by atoms with Crippen LogP contribution in [-0.2, 0) is 6.54 Å². The highest BCUT2D eigenvalue weighted by Gasteiger charge is 2.39. The fourth-order valence-electron chi connectivity index (χ4n) is 4.38. The second-order valence-electron chi connectivity index (χ2n) is 7.90. The van der Waals surface area contributed by atoms with Crippen molar-refractivity contribution in [2.75, 3.05) is 13.1 Å². The van der Waals surface area contributed by atoms with E-state index in [1.54, 1.807) is 0 Å². The summed E-state index contributed by atoms with van der Waals surface area (Å²) in [4.78, 5) is 2.77. The van der Waals surface area contributed by atoms with Crippen molar-refractivity contribution in [2.24, 2.45) is 5.92 Å². The van der Waals surface area contributed by atoms with E-state index in [0.29, 0.717) is 11.6 Å². The lowest BCUT2D eigenvalue weighted by Gasteiger charge is -2.50. The third-order valence-electron chi connectivity index (χ3n) is 5.52. The van der Waals surface area contributed by atoms with Crippen LogP contribution in [0.25, 0.3) is 0 Å². The highest BCUT2D eigenvalue weighted by molar-refractivity contribution is 5.15. The number of rotatable bonds is 4. The molecule has 1 unspecified atom stereocenters. The molecule has 0 aromatic heterocycles. The fourth-order valence-corrected chi connectivity index (χ4v) is 4.38. The van der Waals surface area contributed by atoms with Crippen LogP contribution in [0.4, 0.5) is 0 Å². The maximum Gasteiger partial charge on any atom is 0.0309 e. The largest absolute Gasteiger partial charge is 0.308 e. The van der Waals surface area contributed by atoms with E-state index in [-0.39, 0.29) is 0 Å². The summed E-state index contributed by atoms with van der Waals surface area (Å²) >= 11 is 0. The van der Waals surface area contributed by atoms with E-state index < -0.39 is 0 Å². The molecule has 1 atom stereocenters. The van der Waals surface area contributed by atoms with Gasteiger partial charge in [0.2, 0.25) is 0 Å². The van der Waals surface area contributed by atoms with Gasteiger partial charge in [-0.05, 0) is 30.7 Å². The third-order valence-corrected chi connectivity index (χ3v) is 5.52. The molecule has 1 heterocycles. The van der Waals surface area contributed by atoms with Crippen LogP contribution in [0.5, 0.6) is 0 Å². The van der Waals surface area contributed by atoms with Crippen molar-refractivity contribution in [3.05, 3.63) is 35.9 Å². The topological polar surface area (TPSA) is 15.3 Å². The van der Waals surface area contributed by atoms with E-state index in [1.807, 2.05) is 0 Å². The first kappa shape index (κ1) is 16.0. The van der Waals surface area contributed by atoms with Gasteiger partial charge in [-0.2, -0.15) is 0 Å². The molecular formula is C20H32N2. The zero-order valence-corrected chi connectivity index (χ0v) is 14.4. The molecule has 1 spiro atoms. The van der Waals surface area contributed by atoms with Crippen molar-refractivity contribution in [1.29, 1.82) is 0 Å². The Morgan fingerprint density at radius 2 is 1.86 bits per heavy atom.